The van der Waals surface area contributed by atoms with Crippen LogP contribution in [0.3, 0.4) is 0 Å². The van der Waals surface area contributed by atoms with Gasteiger partial charge in [-0.05, 0) is 43.9 Å². The van der Waals surface area contributed by atoms with Gasteiger partial charge in [0.1, 0.15) is 0 Å². The molecule has 1 saturated carbocycles. The molecule has 17 heavy (non-hydrogen) atoms. The summed E-state index contributed by atoms with van der Waals surface area (Å²) in [7, 11) is 0. The van der Waals surface area contributed by atoms with E-state index in [1.54, 1.807) is 0 Å². The molecule has 0 amide bonds. The number of rotatable bonds is 0. The minimum absolute atomic E-state index is 0.0267. The van der Waals surface area contributed by atoms with Crippen LogP contribution in [0.15, 0.2) is 0 Å². The number of halogens is 1. The Balaban J connectivity index is 1.90. The zero-order valence-corrected chi connectivity index (χ0v) is 11.8. The predicted octanol–water partition coefficient (Wildman–Crippen LogP) is 3.31. The van der Waals surface area contributed by atoms with Crippen LogP contribution in [-0.4, -0.2) is 21.9 Å². The summed E-state index contributed by atoms with van der Waals surface area (Å²) in [6.07, 6.45) is 4.90. The molecule has 1 N–H and O–H groups in total. The second kappa shape index (κ2) is 3.40. The summed E-state index contributed by atoms with van der Waals surface area (Å²) in [6.45, 7) is 6.67. The highest BCUT2D eigenvalue weighted by Gasteiger charge is 2.61. The van der Waals surface area contributed by atoms with Gasteiger partial charge < -0.3 is 9.84 Å². The van der Waals surface area contributed by atoms with Crippen molar-refractivity contribution in [3.05, 3.63) is 0 Å². The highest BCUT2D eigenvalue weighted by Crippen LogP contribution is 2.62. The first-order valence-electron chi connectivity index (χ1n) is 6.84. The molecule has 0 aromatic heterocycles. The molecule has 2 bridgehead atoms. The summed E-state index contributed by atoms with van der Waals surface area (Å²) in [5.41, 5.74) is 0.339. The van der Waals surface area contributed by atoms with Crippen molar-refractivity contribution in [2.24, 2.45) is 17.3 Å². The zero-order valence-electron chi connectivity index (χ0n) is 11.0. The van der Waals surface area contributed by atoms with Gasteiger partial charge in [0.25, 0.3) is 0 Å². The van der Waals surface area contributed by atoms with Crippen molar-refractivity contribution in [2.45, 2.75) is 69.6 Å². The highest BCUT2D eigenvalue weighted by molar-refractivity contribution is 6.24. The average Bonchev–Trinajstić information content (AvgIpc) is 2.59. The average molecular weight is 259 g/mol. The van der Waals surface area contributed by atoms with Gasteiger partial charge in [-0.25, -0.2) is 0 Å². The topological polar surface area (TPSA) is 29.5 Å². The van der Waals surface area contributed by atoms with Crippen LogP contribution in [0.2, 0.25) is 0 Å². The van der Waals surface area contributed by atoms with Crippen molar-refractivity contribution in [1.29, 1.82) is 0 Å². The fourth-order valence-electron chi connectivity index (χ4n) is 4.31. The molecule has 3 rings (SSSR count). The molecular weight excluding hydrogens is 236 g/mol. The van der Waals surface area contributed by atoms with Crippen LogP contribution in [0.25, 0.3) is 0 Å². The van der Waals surface area contributed by atoms with Gasteiger partial charge in [-0.1, -0.05) is 13.8 Å². The normalized spacial score (nSPS) is 56.6. The second-order valence-corrected chi connectivity index (χ2v) is 8.08. The molecule has 2 nitrogen and oxygen atoms in total. The maximum atomic E-state index is 10.7. The summed E-state index contributed by atoms with van der Waals surface area (Å²) < 4.78 is 5.96. The van der Waals surface area contributed by atoms with E-state index in [2.05, 4.69) is 20.8 Å². The van der Waals surface area contributed by atoms with E-state index in [1.165, 1.54) is 0 Å². The van der Waals surface area contributed by atoms with Crippen LogP contribution in [0.1, 0.15) is 52.9 Å². The van der Waals surface area contributed by atoms with Gasteiger partial charge in [-0.2, -0.15) is 0 Å². The van der Waals surface area contributed by atoms with E-state index in [1.807, 2.05) is 0 Å². The van der Waals surface area contributed by atoms with Crippen LogP contribution >= 0.6 is 11.6 Å². The Morgan fingerprint density at radius 3 is 2.47 bits per heavy atom. The van der Waals surface area contributed by atoms with E-state index in [4.69, 9.17) is 16.3 Å². The molecule has 3 fully saturated rings. The van der Waals surface area contributed by atoms with E-state index in [0.717, 1.165) is 32.1 Å². The molecule has 3 aliphatic rings. The smallest absolute Gasteiger partial charge is 0.169 e. The number of ether oxygens (including phenoxy) is 1. The third kappa shape index (κ3) is 1.67. The molecule has 0 radical (unpaired) electrons. The SMILES string of the molecule is CC1(C)C[C@H]2[C@H]1CC[C@@](C)(Cl)[C@H]1CC[C@@]2(O)O1. The van der Waals surface area contributed by atoms with Crippen molar-refractivity contribution in [2.75, 3.05) is 0 Å². The van der Waals surface area contributed by atoms with Crippen LogP contribution < -0.4 is 0 Å². The summed E-state index contributed by atoms with van der Waals surface area (Å²) in [4.78, 5) is -0.304. The Morgan fingerprint density at radius 1 is 1.12 bits per heavy atom. The van der Waals surface area contributed by atoms with Gasteiger partial charge >= 0.3 is 0 Å². The summed E-state index contributed by atoms with van der Waals surface area (Å²) >= 11 is 6.60. The lowest BCUT2D eigenvalue weighted by atomic mass is 9.51. The van der Waals surface area contributed by atoms with Gasteiger partial charge in [0.2, 0.25) is 0 Å². The molecule has 2 aliphatic heterocycles. The summed E-state index contributed by atoms with van der Waals surface area (Å²) in [5.74, 6) is 0.00131. The maximum absolute atomic E-state index is 10.7. The maximum Gasteiger partial charge on any atom is 0.169 e. The Labute approximate surface area is 109 Å². The first-order chi connectivity index (χ1) is 7.75. The predicted molar refractivity (Wildman–Crippen MR) is 67.9 cm³/mol. The van der Waals surface area contributed by atoms with Gasteiger partial charge in [0, 0.05) is 12.3 Å². The van der Waals surface area contributed by atoms with Crippen LogP contribution in [0.4, 0.5) is 0 Å². The minimum atomic E-state index is -0.887. The van der Waals surface area contributed by atoms with Crippen molar-refractivity contribution in [1.82, 2.24) is 0 Å². The molecule has 98 valence electrons. The Morgan fingerprint density at radius 2 is 1.82 bits per heavy atom. The third-order valence-corrected chi connectivity index (χ3v) is 5.97. The minimum Gasteiger partial charge on any atom is -0.365 e. The monoisotopic (exact) mass is 258 g/mol. The molecule has 2 saturated heterocycles. The Kier molecular flexibility index (Phi) is 2.45. The molecular formula is C14H23ClO2. The number of aliphatic hydroxyl groups is 1. The summed E-state index contributed by atoms with van der Waals surface area (Å²) in [5, 5.41) is 10.7. The summed E-state index contributed by atoms with van der Waals surface area (Å²) in [6, 6.07) is 0. The Bertz CT molecular complexity index is 339. The third-order valence-electron chi connectivity index (χ3n) is 5.54. The fraction of sp³-hybridized carbons (Fsp3) is 1.00. The molecule has 0 unspecified atom stereocenters. The molecule has 0 spiro atoms. The van der Waals surface area contributed by atoms with Crippen molar-refractivity contribution in [3.8, 4) is 0 Å². The lowest BCUT2D eigenvalue weighted by Crippen LogP contribution is -2.58. The van der Waals surface area contributed by atoms with E-state index in [-0.39, 0.29) is 11.0 Å². The first-order valence-corrected chi connectivity index (χ1v) is 7.22. The van der Waals surface area contributed by atoms with Gasteiger partial charge in [-0.15, -0.1) is 11.6 Å². The van der Waals surface area contributed by atoms with Crippen molar-refractivity contribution < 1.29 is 9.84 Å². The zero-order chi connectivity index (χ0) is 12.5. The molecule has 1 aliphatic carbocycles. The van der Waals surface area contributed by atoms with Gasteiger partial charge in [-0.3, -0.25) is 0 Å². The van der Waals surface area contributed by atoms with Gasteiger partial charge in [0.15, 0.2) is 5.79 Å². The van der Waals surface area contributed by atoms with E-state index in [0.29, 0.717) is 17.3 Å². The number of fused-ring (bicyclic) bond motifs is 4. The molecule has 5 atom stereocenters. The van der Waals surface area contributed by atoms with E-state index < -0.39 is 5.79 Å². The van der Waals surface area contributed by atoms with Crippen molar-refractivity contribution in [3.63, 3.8) is 0 Å². The molecule has 0 aromatic carbocycles. The lowest BCUT2D eigenvalue weighted by Gasteiger charge is -2.58. The van der Waals surface area contributed by atoms with E-state index in [9.17, 15) is 5.11 Å². The number of hydrogen-bond acceptors (Lipinski definition) is 2. The van der Waals surface area contributed by atoms with Gasteiger partial charge in [0.05, 0.1) is 11.0 Å². The largest absolute Gasteiger partial charge is 0.365 e. The van der Waals surface area contributed by atoms with Crippen LogP contribution in [-0.2, 0) is 4.74 Å². The molecule has 0 aromatic rings. The Hall–Kier alpha value is 0.210. The van der Waals surface area contributed by atoms with E-state index >= 15 is 0 Å². The standard InChI is InChI=1S/C14H23ClO2/c1-12(2)8-10-9(12)4-6-13(3,15)11-5-7-14(10,16)17-11/h9-11,16H,4-8H2,1-3H3/t9-,10+,11-,13-,14-/m1/s1. The fourth-order valence-corrected chi connectivity index (χ4v) is 4.57. The number of hydrogen-bond donors (Lipinski definition) is 1. The molecule has 2 heterocycles. The quantitative estimate of drug-likeness (QED) is 0.676. The highest BCUT2D eigenvalue weighted by atomic mass is 35.5. The first kappa shape index (κ1) is 12.3. The number of alkyl halides is 1. The second-order valence-electron chi connectivity index (χ2n) is 7.21. The van der Waals surface area contributed by atoms with Crippen LogP contribution in [0, 0.1) is 17.3 Å². The molecule has 3 heteroatoms. The lowest BCUT2D eigenvalue weighted by molar-refractivity contribution is -0.287. The van der Waals surface area contributed by atoms with Crippen molar-refractivity contribution >= 4 is 11.6 Å². The van der Waals surface area contributed by atoms with Crippen LogP contribution in [0.5, 0.6) is 0 Å².